The Kier molecular flexibility index (Phi) is 2.75. The second kappa shape index (κ2) is 3.40. The highest BCUT2D eigenvalue weighted by atomic mass is 35.5. The molecule has 1 aliphatic carbocycles. The Labute approximate surface area is 67.0 Å². The molecular formula is C8H13ClO. The maximum absolute atomic E-state index is 5.82. The van der Waals surface area contributed by atoms with Gasteiger partial charge in [-0.3, -0.25) is 0 Å². The third-order valence-electron chi connectivity index (χ3n) is 1.44. The summed E-state index contributed by atoms with van der Waals surface area (Å²) in [5.74, 6) is 0. The quantitative estimate of drug-likeness (QED) is 0.445. The van der Waals surface area contributed by atoms with Crippen LogP contribution in [0.15, 0.2) is 12.2 Å². The van der Waals surface area contributed by atoms with E-state index in [0.29, 0.717) is 6.10 Å². The molecule has 1 nitrogen and oxygen atoms in total. The summed E-state index contributed by atoms with van der Waals surface area (Å²) in [7, 11) is 0. The van der Waals surface area contributed by atoms with E-state index in [4.69, 9.17) is 16.3 Å². The Hall–Kier alpha value is -0.0100. The van der Waals surface area contributed by atoms with E-state index in [2.05, 4.69) is 0 Å². The molecule has 0 saturated carbocycles. The molecule has 2 heteroatoms. The number of hydrogen-bond acceptors (Lipinski definition) is 1. The van der Waals surface area contributed by atoms with Gasteiger partial charge in [0, 0.05) is 0 Å². The molecule has 0 aromatic heterocycles. The van der Waals surface area contributed by atoms with E-state index in [9.17, 15) is 0 Å². The fraction of sp³-hybridized carbons (Fsp3) is 0.750. The molecule has 1 aliphatic rings. The molecule has 0 fully saturated rings. The zero-order valence-electron chi connectivity index (χ0n) is 6.38. The van der Waals surface area contributed by atoms with Crippen molar-refractivity contribution in [3.63, 3.8) is 0 Å². The van der Waals surface area contributed by atoms with Crippen molar-refractivity contribution in [3.05, 3.63) is 12.2 Å². The van der Waals surface area contributed by atoms with Gasteiger partial charge in [0.1, 0.15) is 0 Å². The van der Waals surface area contributed by atoms with Gasteiger partial charge in [0.2, 0.25) is 0 Å². The van der Waals surface area contributed by atoms with Gasteiger partial charge in [-0.25, -0.2) is 0 Å². The SMILES string of the molecule is CC(C)OC1C=CC(Cl)C1. The van der Waals surface area contributed by atoms with Crippen molar-refractivity contribution in [1.29, 1.82) is 0 Å². The van der Waals surface area contributed by atoms with Gasteiger partial charge in [0.15, 0.2) is 0 Å². The van der Waals surface area contributed by atoms with Crippen molar-refractivity contribution >= 4 is 11.6 Å². The van der Waals surface area contributed by atoms with Gasteiger partial charge < -0.3 is 4.74 Å². The summed E-state index contributed by atoms with van der Waals surface area (Å²) in [6, 6.07) is 0. The van der Waals surface area contributed by atoms with Crippen molar-refractivity contribution in [2.24, 2.45) is 0 Å². The summed E-state index contributed by atoms with van der Waals surface area (Å²) in [6.45, 7) is 4.07. The molecule has 0 bridgehead atoms. The predicted octanol–water partition coefficient (Wildman–Crippen LogP) is 2.35. The van der Waals surface area contributed by atoms with Crippen LogP contribution in [0.3, 0.4) is 0 Å². The first-order valence-corrected chi connectivity index (χ1v) is 4.10. The maximum atomic E-state index is 5.82. The number of hydrogen-bond donors (Lipinski definition) is 0. The van der Waals surface area contributed by atoms with Gasteiger partial charge in [0.25, 0.3) is 0 Å². The van der Waals surface area contributed by atoms with Crippen LogP contribution in [-0.4, -0.2) is 17.6 Å². The lowest BCUT2D eigenvalue weighted by atomic mass is 10.3. The molecule has 0 aromatic carbocycles. The minimum atomic E-state index is 0.184. The molecule has 0 N–H and O–H groups in total. The first-order chi connectivity index (χ1) is 4.68. The van der Waals surface area contributed by atoms with Crippen molar-refractivity contribution in [2.45, 2.75) is 37.9 Å². The largest absolute Gasteiger partial charge is 0.371 e. The Morgan fingerprint density at radius 1 is 1.50 bits per heavy atom. The lowest BCUT2D eigenvalue weighted by molar-refractivity contribution is 0.0362. The van der Waals surface area contributed by atoms with E-state index in [-0.39, 0.29) is 11.5 Å². The predicted molar refractivity (Wildman–Crippen MR) is 43.4 cm³/mol. The number of ether oxygens (including phenoxy) is 1. The van der Waals surface area contributed by atoms with Crippen molar-refractivity contribution in [1.82, 2.24) is 0 Å². The number of halogens is 1. The van der Waals surface area contributed by atoms with E-state index < -0.39 is 0 Å². The molecule has 1 rings (SSSR count). The van der Waals surface area contributed by atoms with Crippen LogP contribution in [0.4, 0.5) is 0 Å². The monoisotopic (exact) mass is 160 g/mol. The van der Waals surface area contributed by atoms with Gasteiger partial charge in [-0.2, -0.15) is 0 Å². The van der Waals surface area contributed by atoms with Crippen LogP contribution in [0.1, 0.15) is 20.3 Å². The van der Waals surface area contributed by atoms with Gasteiger partial charge >= 0.3 is 0 Å². The van der Waals surface area contributed by atoms with Crippen LogP contribution in [-0.2, 0) is 4.74 Å². The first kappa shape index (κ1) is 8.09. The second-order valence-corrected chi connectivity index (χ2v) is 3.42. The van der Waals surface area contributed by atoms with Crippen LogP contribution >= 0.6 is 11.6 Å². The molecule has 2 unspecified atom stereocenters. The Morgan fingerprint density at radius 2 is 2.20 bits per heavy atom. The highest BCUT2D eigenvalue weighted by Crippen LogP contribution is 2.19. The number of rotatable bonds is 2. The molecular weight excluding hydrogens is 148 g/mol. The van der Waals surface area contributed by atoms with Crippen molar-refractivity contribution < 1.29 is 4.74 Å². The molecule has 0 aliphatic heterocycles. The van der Waals surface area contributed by atoms with Crippen molar-refractivity contribution in [3.8, 4) is 0 Å². The van der Waals surface area contributed by atoms with Crippen LogP contribution in [0.25, 0.3) is 0 Å². The third kappa shape index (κ3) is 2.31. The molecule has 0 spiro atoms. The zero-order chi connectivity index (χ0) is 7.56. The molecule has 0 aromatic rings. The highest BCUT2D eigenvalue weighted by molar-refractivity contribution is 6.22. The molecule has 0 amide bonds. The summed E-state index contributed by atoms with van der Waals surface area (Å²) in [5, 5.41) is 0.184. The summed E-state index contributed by atoms with van der Waals surface area (Å²) < 4.78 is 5.51. The van der Waals surface area contributed by atoms with Crippen LogP contribution in [0.2, 0.25) is 0 Å². The Morgan fingerprint density at radius 3 is 2.60 bits per heavy atom. The van der Waals surface area contributed by atoms with Gasteiger partial charge in [0.05, 0.1) is 17.6 Å². The van der Waals surface area contributed by atoms with Crippen LogP contribution in [0.5, 0.6) is 0 Å². The first-order valence-electron chi connectivity index (χ1n) is 3.66. The molecule has 0 radical (unpaired) electrons. The molecule has 0 saturated heterocycles. The smallest absolute Gasteiger partial charge is 0.0776 e. The standard InChI is InChI=1S/C8H13ClO/c1-6(2)10-8-4-3-7(9)5-8/h3-4,6-8H,5H2,1-2H3. The van der Waals surface area contributed by atoms with Gasteiger partial charge in [-0.15, -0.1) is 11.6 Å². The molecule has 58 valence electrons. The summed E-state index contributed by atoms with van der Waals surface area (Å²) >= 11 is 5.82. The fourth-order valence-corrected chi connectivity index (χ4v) is 1.33. The topological polar surface area (TPSA) is 9.23 Å². The average molecular weight is 161 g/mol. The normalized spacial score (nSPS) is 32.0. The Balaban J connectivity index is 2.26. The van der Waals surface area contributed by atoms with E-state index in [1.807, 2.05) is 26.0 Å². The summed E-state index contributed by atoms with van der Waals surface area (Å²) in [6.07, 6.45) is 5.52. The van der Waals surface area contributed by atoms with E-state index in [1.54, 1.807) is 0 Å². The summed E-state index contributed by atoms with van der Waals surface area (Å²) in [5.41, 5.74) is 0. The lowest BCUT2D eigenvalue weighted by Gasteiger charge is -2.13. The van der Waals surface area contributed by atoms with E-state index in [0.717, 1.165) is 6.42 Å². The molecule has 2 atom stereocenters. The van der Waals surface area contributed by atoms with Crippen LogP contribution < -0.4 is 0 Å². The maximum Gasteiger partial charge on any atom is 0.0776 e. The van der Waals surface area contributed by atoms with Gasteiger partial charge in [-0.05, 0) is 20.3 Å². The second-order valence-electron chi connectivity index (χ2n) is 2.86. The Bertz CT molecular complexity index is 131. The number of alkyl halides is 1. The van der Waals surface area contributed by atoms with Crippen LogP contribution in [0, 0.1) is 0 Å². The minimum Gasteiger partial charge on any atom is -0.371 e. The minimum absolute atomic E-state index is 0.184. The van der Waals surface area contributed by atoms with E-state index >= 15 is 0 Å². The number of allylic oxidation sites excluding steroid dienone is 1. The van der Waals surface area contributed by atoms with Crippen molar-refractivity contribution in [2.75, 3.05) is 0 Å². The highest BCUT2D eigenvalue weighted by Gasteiger charge is 2.17. The summed E-state index contributed by atoms with van der Waals surface area (Å²) in [4.78, 5) is 0. The van der Waals surface area contributed by atoms with E-state index in [1.165, 1.54) is 0 Å². The average Bonchev–Trinajstić information content (AvgIpc) is 2.13. The third-order valence-corrected chi connectivity index (χ3v) is 1.76. The lowest BCUT2D eigenvalue weighted by Crippen LogP contribution is -2.14. The molecule has 0 heterocycles. The molecule has 10 heavy (non-hydrogen) atoms. The van der Waals surface area contributed by atoms with Gasteiger partial charge in [-0.1, -0.05) is 12.2 Å². The fourth-order valence-electron chi connectivity index (χ4n) is 1.07. The zero-order valence-corrected chi connectivity index (χ0v) is 7.14.